The van der Waals surface area contributed by atoms with Crippen molar-refractivity contribution in [2.24, 2.45) is 11.5 Å². The molecule has 4 nitrogen and oxygen atoms in total. The van der Waals surface area contributed by atoms with E-state index in [2.05, 4.69) is 9.97 Å². The Bertz CT molecular complexity index is 640. The maximum absolute atomic E-state index is 6.52. The van der Waals surface area contributed by atoms with Crippen LogP contribution in [0.15, 0.2) is 60.6 Å². The van der Waals surface area contributed by atoms with Gasteiger partial charge < -0.3 is 16.5 Å². The Morgan fingerprint density at radius 1 is 1.26 bits per heavy atom. The standard InChI is InChI=1S/C15H16N4/c16-11-5-7-15(17,8-6-11)13-4-2-1-3-12(13)14-18-9-10-19-14/h1-7,9-10H,8,16-17H2,(H,18,19). The van der Waals surface area contributed by atoms with Gasteiger partial charge in [-0.15, -0.1) is 0 Å². The van der Waals surface area contributed by atoms with Gasteiger partial charge in [0.2, 0.25) is 0 Å². The molecule has 1 aromatic carbocycles. The van der Waals surface area contributed by atoms with Crippen molar-refractivity contribution >= 4 is 0 Å². The van der Waals surface area contributed by atoms with Gasteiger partial charge in [-0.2, -0.15) is 0 Å². The number of nitrogens with one attached hydrogen (secondary N) is 1. The van der Waals surface area contributed by atoms with E-state index in [9.17, 15) is 0 Å². The quantitative estimate of drug-likeness (QED) is 0.765. The lowest BCUT2D eigenvalue weighted by molar-refractivity contribution is 0.563. The van der Waals surface area contributed by atoms with Crippen LogP contribution in [0, 0.1) is 0 Å². The number of aromatic nitrogens is 2. The number of H-pyrrole nitrogens is 1. The number of allylic oxidation sites excluding steroid dienone is 1. The highest BCUT2D eigenvalue weighted by atomic mass is 14.9. The predicted molar refractivity (Wildman–Crippen MR) is 75.9 cm³/mol. The molecule has 0 fully saturated rings. The minimum atomic E-state index is -0.535. The van der Waals surface area contributed by atoms with Gasteiger partial charge in [0.15, 0.2) is 0 Å². The lowest BCUT2D eigenvalue weighted by Crippen LogP contribution is -2.36. The minimum absolute atomic E-state index is 0.535. The zero-order valence-corrected chi connectivity index (χ0v) is 10.5. The second-order valence-corrected chi connectivity index (χ2v) is 4.77. The SMILES string of the molecule is NC1=CCC(N)(c2ccccc2-c2ncc[nH]2)C=C1. The highest BCUT2D eigenvalue weighted by molar-refractivity contribution is 5.63. The van der Waals surface area contributed by atoms with Crippen LogP contribution in [0.25, 0.3) is 11.4 Å². The number of imidazole rings is 1. The van der Waals surface area contributed by atoms with E-state index < -0.39 is 5.54 Å². The fourth-order valence-electron chi connectivity index (χ4n) is 2.38. The van der Waals surface area contributed by atoms with Gasteiger partial charge >= 0.3 is 0 Å². The molecule has 4 heteroatoms. The monoisotopic (exact) mass is 252 g/mol. The molecule has 1 aliphatic rings. The smallest absolute Gasteiger partial charge is 0.137 e. The summed E-state index contributed by atoms with van der Waals surface area (Å²) in [5.41, 5.74) is 14.6. The van der Waals surface area contributed by atoms with E-state index in [1.165, 1.54) is 0 Å². The van der Waals surface area contributed by atoms with E-state index >= 15 is 0 Å². The molecule has 1 atom stereocenters. The van der Waals surface area contributed by atoms with Crippen LogP contribution in [0.5, 0.6) is 0 Å². The topological polar surface area (TPSA) is 80.7 Å². The van der Waals surface area contributed by atoms with Crippen molar-refractivity contribution < 1.29 is 0 Å². The number of benzene rings is 1. The first kappa shape index (κ1) is 11.7. The molecular weight excluding hydrogens is 236 g/mol. The van der Waals surface area contributed by atoms with Gasteiger partial charge in [-0.1, -0.05) is 36.4 Å². The zero-order chi connectivity index (χ0) is 13.3. The second-order valence-electron chi connectivity index (χ2n) is 4.77. The average molecular weight is 252 g/mol. The van der Waals surface area contributed by atoms with Crippen LogP contribution in [-0.2, 0) is 5.54 Å². The Kier molecular flexibility index (Phi) is 2.72. The molecule has 0 amide bonds. The molecule has 1 heterocycles. The summed E-state index contributed by atoms with van der Waals surface area (Å²) < 4.78 is 0. The van der Waals surface area contributed by atoms with Crippen LogP contribution < -0.4 is 11.5 Å². The van der Waals surface area contributed by atoms with Crippen LogP contribution in [0.1, 0.15) is 12.0 Å². The number of aromatic amines is 1. The lowest BCUT2D eigenvalue weighted by Gasteiger charge is -2.29. The number of hydrogen-bond acceptors (Lipinski definition) is 3. The number of nitrogens with zero attached hydrogens (tertiary/aromatic N) is 1. The molecule has 0 aliphatic heterocycles. The van der Waals surface area contributed by atoms with Gasteiger partial charge in [-0.3, -0.25) is 0 Å². The van der Waals surface area contributed by atoms with Crippen molar-refractivity contribution in [3.63, 3.8) is 0 Å². The Morgan fingerprint density at radius 2 is 2.11 bits per heavy atom. The number of hydrogen-bond donors (Lipinski definition) is 3. The molecule has 5 N–H and O–H groups in total. The summed E-state index contributed by atoms with van der Waals surface area (Å²) in [6.07, 6.45) is 10.0. The van der Waals surface area contributed by atoms with Gasteiger partial charge in [-0.05, 0) is 18.1 Å². The molecule has 1 aliphatic carbocycles. The third kappa shape index (κ3) is 2.06. The summed E-state index contributed by atoms with van der Waals surface area (Å²) in [7, 11) is 0. The third-order valence-electron chi connectivity index (χ3n) is 3.43. The first-order valence-electron chi connectivity index (χ1n) is 6.22. The van der Waals surface area contributed by atoms with Crippen molar-refractivity contribution in [2.45, 2.75) is 12.0 Å². The molecule has 19 heavy (non-hydrogen) atoms. The van der Waals surface area contributed by atoms with E-state index in [-0.39, 0.29) is 0 Å². The molecule has 0 saturated heterocycles. The van der Waals surface area contributed by atoms with Crippen molar-refractivity contribution in [3.8, 4) is 11.4 Å². The highest BCUT2D eigenvalue weighted by Crippen LogP contribution is 2.34. The maximum Gasteiger partial charge on any atom is 0.137 e. The second kappa shape index (κ2) is 4.40. The fourth-order valence-corrected chi connectivity index (χ4v) is 2.38. The third-order valence-corrected chi connectivity index (χ3v) is 3.43. The first-order valence-corrected chi connectivity index (χ1v) is 6.22. The summed E-state index contributed by atoms with van der Waals surface area (Å²) in [4.78, 5) is 7.44. The van der Waals surface area contributed by atoms with Crippen LogP contribution >= 0.6 is 0 Å². The van der Waals surface area contributed by atoms with Crippen LogP contribution in [0.2, 0.25) is 0 Å². The summed E-state index contributed by atoms with van der Waals surface area (Å²) in [5.74, 6) is 0.830. The number of nitrogens with two attached hydrogens (primary N) is 2. The molecule has 1 aromatic heterocycles. The predicted octanol–water partition coefficient (Wildman–Crippen LogP) is 2.03. The first-order chi connectivity index (χ1) is 9.19. The number of rotatable bonds is 2. The largest absolute Gasteiger partial charge is 0.399 e. The average Bonchev–Trinajstić information content (AvgIpc) is 2.96. The van der Waals surface area contributed by atoms with Gasteiger partial charge in [0.25, 0.3) is 0 Å². The van der Waals surface area contributed by atoms with Crippen molar-refractivity contribution in [1.82, 2.24) is 9.97 Å². The van der Waals surface area contributed by atoms with E-state index in [1.807, 2.05) is 48.7 Å². The molecule has 0 radical (unpaired) electrons. The van der Waals surface area contributed by atoms with E-state index in [0.29, 0.717) is 6.42 Å². The van der Waals surface area contributed by atoms with Crippen LogP contribution in [-0.4, -0.2) is 9.97 Å². The maximum atomic E-state index is 6.52. The summed E-state index contributed by atoms with van der Waals surface area (Å²) in [6, 6.07) is 8.04. The Morgan fingerprint density at radius 3 is 2.79 bits per heavy atom. The van der Waals surface area contributed by atoms with Crippen molar-refractivity contribution in [2.75, 3.05) is 0 Å². The van der Waals surface area contributed by atoms with Gasteiger partial charge in [0.1, 0.15) is 5.82 Å². The van der Waals surface area contributed by atoms with Gasteiger partial charge in [0.05, 0.1) is 5.54 Å². The Labute approximate surface area is 111 Å². The van der Waals surface area contributed by atoms with E-state index in [1.54, 1.807) is 6.20 Å². The van der Waals surface area contributed by atoms with Crippen molar-refractivity contribution in [3.05, 3.63) is 66.1 Å². The molecule has 0 saturated carbocycles. The van der Waals surface area contributed by atoms with Gasteiger partial charge in [0, 0.05) is 23.7 Å². The Hall–Kier alpha value is -2.33. The summed E-state index contributed by atoms with van der Waals surface area (Å²) in [5, 5.41) is 0. The van der Waals surface area contributed by atoms with Crippen LogP contribution in [0.4, 0.5) is 0 Å². The molecular formula is C15H16N4. The molecule has 2 aromatic rings. The van der Waals surface area contributed by atoms with E-state index in [4.69, 9.17) is 11.5 Å². The molecule has 3 rings (SSSR count). The normalized spacial score (nSPS) is 22.3. The fraction of sp³-hybridized carbons (Fsp3) is 0.133. The van der Waals surface area contributed by atoms with Crippen molar-refractivity contribution in [1.29, 1.82) is 0 Å². The van der Waals surface area contributed by atoms with E-state index in [0.717, 1.165) is 22.6 Å². The lowest BCUT2D eigenvalue weighted by atomic mass is 9.81. The minimum Gasteiger partial charge on any atom is -0.399 e. The zero-order valence-electron chi connectivity index (χ0n) is 10.5. The molecule has 1 unspecified atom stereocenters. The molecule has 0 spiro atoms. The molecule has 0 bridgehead atoms. The summed E-state index contributed by atoms with van der Waals surface area (Å²) >= 11 is 0. The summed E-state index contributed by atoms with van der Waals surface area (Å²) in [6.45, 7) is 0. The van der Waals surface area contributed by atoms with Crippen LogP contribution in [0.3, 0.4) is 0 Å². The molecule has 96 valence electrons. The van der Waals surface area contributed by atoms with Gasteiger partial charge in [-0.25, -0.2) is 4.98 Å². The Balaban J connectivity index is 2.09. The highest BCUT2D eigenvalue weighted by Gasteiger charge is 2.28.